The number of thioether (sulfide) groups is 1. The van der Waals surface area contributed by atoms with Crippen LogP contribution in [0.5, 0.6) is 0 Å². The van der Waals surface area contributed by atoms with Gasteiger partial charge in [0.25, 0.3) is 0 Å². The number of piperazine rings is 1. The van der Waals surface area contributed by atoms with Gasteiger partial charge in [0.2, 0.25) is 11.9 Å². The summed E-state index contributed by atoms with van der Waals surface area (Å²) in [4.78, 5) is 28.9. The summed E-state index contributed by atoms with van der Waals surface area (Å²) < 4.78 is 5.51. The number of ether oxygens (including phenoxy) is 1. The van der Waals surface area contributed by atoms with E-state index in [0.717, 1.165) is 56.8 Å². The monoisotopic (exact) mass is 501 g/mol. The molecule has 2 fully saturated rings. The quantitative estimate of drug-likeness (QED) is 0.594. The number of amides is 1. The van der Waals surface area contributed by atoms with Crippen LogP contribution < -0.4 is 16.4 Å². The number of carbonyl (C=O) groups excluding carboxylic acids is 1. The van der Waals surface area contributed by atoms with Crippen LogP contribution in [-0.4, -0.2) is 77.6 Å². The maximum Gasteiger partial charge on any atom is 0.410 e. The number of aliphatic imine (C=N–C) groups is 2. The van der Waals surface area contributed by atoms with Gasteiger partial charge in [-0.3, -0.25) is 9.80 Å². The van der Waals surface area contributed by atoms with Crippen LogP contribution in [-0.2, 0) is 4.74 Å². The van der Waals surface area contributed by atoms with E-state index in [0.29, 0.717) is 19.0 Å². The Morgan fingerprint density at radius 1 is 1.09 bits per heavy atom. The van der Waals surface area contributed by atoms with Gasteiger partial charge >= 0.3 is 6.09 Å². The summed E-state index contributed by atoms with van der Waals surface area (Å²) in [6, 6.07) is 8.36. The molecule has 2 heterocycles. The van der Waals surface area contributed by atoms with Gasteiger partial charge in [-0.2, -0.15) is 4.99 Å². The third-order valence-electron chi connectivity index (χ3n) is 6.65. The number of hydrogen-bond acceptors (Lipinski definition) is 9. The van der Waals surface area contributed by atoms with Crippen LogP contribution in [0, 0.1) is 0 Å². The molecule has 4 rings (SSSR count). The molecule has 1 saturated heterocycles. The average molecular weight is 502 g/mol. The molecule has 2 aliphatic heterocycles. The number of nitrogens with two attached hydrogens (primary N) is 2. The fourth-order valence-electron chi connectivity index (χ4n) is 5.00. The average Bonchev–Trinajstić information content (AvgIpc) is 2.79. The van der Waals surface area contributed by atoms with Crippen LogP contribution in [0.1, 0.15) is 52.9 Å². The smallest absolute Gasteiger partial charge is 0.410 e. The number of guanidine groups is 2. The molecule has 0 atom stereocenters. The summed E-state index contributed by atoms with van der Waals surface area (Å²) in [6.07, 6.45) is 5.03. The summed E-state index contributed by atoms with van der Waals surface area (Å²) in [5.41, 5.74) is 12.6. The summed E-state index contributed by atoms with van der Waals surface area (Å²) in [6.45, 7) is 9.73. The largest absolute Gasteiger partial charge is 0.444 e. The molecule has 1 amide bonds. The Morgan fingerprint density at radius 3 is 2.46 bits per heavy atom. The number of carbonyl (C=O) groups is 1. The molecule has 4 N–H and O–H groups in total. The Kier molecular flexibility index (Phi) is 7.80. The molecule has 1 aromatic rings. The zero-order valence-corrected chi connectivity index (χ0v) is 22.0. The summed E-state index contributed by atoms with van der Waals surface area (Å²) in [5, 5.41) is 0. The van der Waals surface area contributed by atoms with E-state index < -0.39 is 11.3 Å². The topological polar surface area (TPSA) is 113 Å². The van der Waals surface area contributed by atoms with E-state index in [-0.39, 0.29) is 12.1 Å². The number of nitrogens with zero attached hydrogens (tertiary/aromatic N) is 5. The van der Waals surface area contributed by atoms with Crippen LogP contribution in [0.15, 0.2) is 39.1 Å². The molecule has 192 valence electrons. The first-order chi connectivity index (χ1) is 16.7. The lowest BCUT2D eigenvalue weighted by Crippen LogP contribution is -2.58. The van der Waals surface area contributed by atoms with Crippen LogP contribution in [0.3, 0.4) is 0 Å². The molecule has 35 heavy (non-hydrogen) atoms. The van der Waals surface area contributed by atoms with Gasteiger partial charge in [0.05, 0.1) is 5.69 Å². The van der Waals surface area contributed by atoms with Gasteiger partial charge in [-0.25, -0.2) is 9.79 Å². The highest BCUT2D eigenvalue weighted by Crippen LogP contribution is 2.42. The Bertz CT molecular complexity index is 961. The predicted octanol–water partition coefficient (Wildman–Crippen LogP) is 3.44. The van der Waals surface area contributed by atoms with Crippen LogP contribution in [0.2, 0.25) is 0 Å². The standard InChI is InChI=1S/C25H39N7O2S/c1-24(2,3)34-23(33)31-15-13-30(14-16-31)17-18-35-20-10-6-5-9-19(20)32-22(27)28-21(26)29-25(32)11-7-4-8-12-25/h5-6,9-10H,4,7-8,11-18H2,1-3H3,(H4,26,27,28,29). The highest BCUT2D eigenvalue weighted by molar-refractivity contribution is 7.99. The van der Waals surface area contributed by atoms with Crippen molar-refractivity contribution in [1.82, 2.24) is 9.80 Å². The fourth-order valence-corrected chi connectivity index (χ4v) is 6.05. The van der Waals surface area contributed by atoms with Crippen LogP contribution in [0.25, 0.3) is 0 Å². The normalized spacial score (nSPS) is 21.0. The molecule has 3 aliphatic rings. The van der Waals surface area contributed by atoms with E-state index in [1.165, 1.54) is 11.3 Å². The SMILES string of the molecule is CC(C)(C)OC(=O)N1CCN(CCSc2ccccc2N2C(N)=NC(N)=NC23CCCCC3)CC1. The van der Waals surface area contributed by atoms with Gasteiger partial charge in [0, 0.05) is 43.4 Å². The summed E-state index contributed by atoms with van der Waals surface area (Å²) in [5.74, 6) is 1.63. The molecule has 9 nitrogen and oxygen atoms in total. The van der Waals surface area contributed by atoms with Crippen molar-refractivity contribution in [2.75, 3.05) is 43.4 Å². The second-order valence-corrected chi connectivity index (χ2v) is 11.6. The molecule has 0 unspecified atom stereocenters. The Labute approximate surface area is 212 Å². The van der Waals surface area contributed by atoms with Gasteiger partial charge in [0.15, 0.2) is 0 Å². The minimum absolute atomic E-state index is 0.221. The zero-order valence-electron chi connectivity index (χ0n) is 21.2. The second-order valence-electron chi connectivity index (χ2n) is 10.4. The minimum Gasteiger partial charge on any atom is -0.444 e. The lowest BCUT2D eigenvalue weighted by atomic mass is 9.87. The maximum absolute atomic E-state index is 12.3. The fraction of sp³-hybridized carbons (Fsp3) is 0.640. The number of hydrogen-bond donors (Lipinski definition) is 2. The van der Waals surface area contributed by atoms with Crippen molar-refractivity contribution in [3.05, 3.63) is 24.3 Å². The number of rotatable bonds is 5. The Balaban J connectivity index is 1.37. The third-order valence-corrected chi connectivity index (χ3v) is 7.69. The number of benzene rings is 1. The highest BCUT2D eigenvalue weighted by atomic mass is 32.2. The number of para-hydroxylation sites is 1. The molecule has 1 aliphatic carbocycles. The molecule has 0 radical (unpaired) electrons. The number of anilines is 1. The van der Waals surface area contributed by atoms with Crippen molar-refractivity contribution in [2.24, 2.45) is 21.5 Å². The molecule has 1 aromatic carbocycles. The first kappa shape index (κ1) is 25.6. The van der Waals surface area contributed by atoms with E-state index >= 15 is 0 Å². The highest BCUT2D eigenvalue weighted by Gasteiger charge is 2.43. The van der Waals surface area contributed by atoms with Gasteiger partial charge in [0.1, 0.15) is 11.3 Å². The van der Waals surface area contributed by atoms with Crippen molar-refractivity contribution in [1.29, 1.82) is 0 Å². The summed E-state index contributed by atoms with van der Waals surface area (Å²) >= 11 is 1.82. The van der Waals surface area contributed by atoms with Gasteiger partial charge in [-0.1, -0.05) is 18.6 Å². The predicted molar refractivity (Wildman–Crippen MR) is 143 cm³/mol. The van der Waals surface area contributed by atoms with Gasteiger partial charge < -0.3 is 21.1 Å². The molecule has 10 heteroatoms. The zero-order chi connectivity index (χ0) is 25.1. The maximum atomic E-state index is 12.3. The van der Waals surface area contributed by atoms with Crippen LogP contribution >= 0.6 is 11.8 Å². The second kappa shape index (κ2) is 10.7. The van der Waals surface area contributed by atoms with Gasteiger partial charge in [-0.15, -0.1) is 11.8 Å². The van der Waals surface area contributed by atoms with E-state index in [2.05, 4.69) is 33.0 Å². The van der Waals surface area contributed by atoms with E-state index in [4.69, 9.17) is 21.2 Å². The van der Waals surface area contributed by atoms with E-state index in [1.807, 2.05) is 38.6 Å². The first-order valence-corrected chi connectivity index (χ1v) is 13.6. The lowest BCUT2D eigenvalue weighted by Gasteiger charge is -2.46. The minimum atomic E-state index is -0.464. The van der Waals surface area contributed by atoms with Crippen molar-refractivity contribution < 1.29 is 9.53 Å². The first-order valence-electron chi connectivity index (χ1n) is 12.6. The molecule has 1 spiro atoms. The molecular weight excluding hydrogens is 462 g/mol. The molecular formula is C25H39N7O2S. The van der Waals surface area contributed by atoms with Crippen molar-refractivity contribution in [3.8, 4) is 0 Å². The Hall–Kier alpha value is -2.46. The van der Waals surface area contributed by atoms with E-state index in [1.54, 1.807) is 4.90 Å². The molecule has 0 bridgehead atoms. The van der Waals surface area contributed by atoms with Crippen molar-refractivity contribution >= 4 is 35.5 Å². The van der Waals surface area contributed by atoms with Crippen molar-refractivity contribution in [2.45, 2.75) is 69.0 Å². The summed E-state index contributed by atoms with van der Waals surface area (Å²) in [7, 11) is 0. The van der Waals surface area contributed by atoms with Crippen LogP contribution in [0.4, 0.5) is 10.5 Å². The van der Waals surface area contributed by atoms with Crippen molar-refractivity contribution in [3.63, 3.8) is 0 Å². The lowest BCUT2D eigenvalue weighted by molar-refractivity contribution is 0.0150. The Morgan fingerprint density at radius 2 is 1.77 bits per heavy atom. The molecule has 0 aromatic heterocycles. The molecule has 1 saturated carbocycles. The van der Waals surface area contributed by atoms with E-state index in [9.17, 15) is 4.79 Å². The third kappa shape index (κ3) is 6.22. The van der Waals surface area contributed by atoms with Gasteiger partial charge in [-0.05, 0) is 58.6 Å².